The number of aliphatic hydroxyl groups is 1. The molecule has 0 saturated carbocycles. The molecule has 6 heterocycles. The van der Waals surface area contributed by atoms with Gasteiger partial charge in [0, 0.05) is 30.1 Å². The third kappa shape index (κ3) is 21.9. The van der Waals surface area contributed by atoms with Crippen LogP contribution < -0.4 is 0 Å². The van der Waals surface area contributed by atoms with Crippen molar-refractivity contribution in [1.29, 1.82) is 0 Å². The lowest BCUT2D eigenvalue weighted by Gasteiger charge is -2.56. The fourth-order valence-electron chi connectivity index (χ4n) is 14.0. The summed E-state index contributed by atoms with van der Waals surface area (Å²) in [5, 5.41) is 13.3. The lowest BCUT2D eigenvalue weighted by molar-refractivity contribution is -0.270. The summed E-state index contributed by atoms with van der Waals surface area (Å²) in [5.74, 6) is -0.320. The summed E-state index contributed by atoms with van der Waals surface area (Å²) >= 11 is -0.214. The second-order valence-corrected chi connectivity index (χ2v) is 63.4. The molecule has 0 aromatic heterocycles. The molecule has 1 N–H and O–H groups in total. The number of hydrogen-bond donors (Lipinski definition) is 1. The van der Waals surface area contributed by atoms with Gasteiger partial charge in [0.15, 0.2) is 47.9 Å². The molecule has 22 heteroatoms. The number of halogens is 1. The van der Waals surface area contributed by atoms with Gasteiger partial charge in [0.1, 0.15) is 24.4 Å². The van der Waals surface area contributed by atoms with Crippen LogP contribution in [0.2, 0.25) is 90.7 Å². The minimum absolute atomic E-state index is 0.0116. The first-order chi connectivity index (χ1) is 44.9. The summed E-state index contributed by atoms with van der Waals surface area (Å²) < 4.78 is 114. The van der Waals surface area contributed by atoms with Gasteiger partial charge in [-0.15, -0.1) is 0 Å². The number of ether oxygens (including phenoxy) is 7. The van der Waals surface area contributed by atoms with Crippen molar-refractivity contribution in [3.63, 3.8) is 0 Å². The number of rotatable bonds is 29. The van der Waals surface area contributed by atoms with Crippen molar-refractivity contribution in [3.05, 3.63) is 52.1 Å². The van der Waals surface area contributed by atoms with Gasteiger partial charge in [-0.25, -0.2) is 0 Å². The molecule has 0 spiro atoms. The molecule has 0 aliphatic carbocycles. The van der Waals surface area contributed by atoms with Gasteiger partial charge >= 0.3 is 0 Å². The molecule has 7 rings (SSSR count). The van der Waals surface area contributed by atoms with Crippen LogP contribution in [0.1, 0.15) is 206 Å². The Bertz CT molecular complexity index is 2770. The van der Waals surface area contributed by atoms with Gasteiger partial charge < -0.3 is 64.9 Å². The molecule has 19 atom stereocenters. The van der Waals surface area contributed by atoms with Crippen LogP contribution in [0.3, 0.4) is 0 Å². The maximum Gasteiger partial charge on any atom is 0.193 e. The highest BCUT2D eigenvalue weighted by molar-refractivity contribution is 14.1. The molecule has 0 radical (unpaired) electrons. The van der Waals surface area contributed by atoms with Crippen molar-refractivity contribution in [2.75, 3.05) is 19.8 Å². The third-order valence-corrected chi connectivity index (χ3v) is 48.9. The van der Waals surface area contributed by atoms with Crippen molar-refractivity contribution >= 4 is 75.3 Å². The van der Waals surface area contributed by atoms with Crippen LogP contribution >= 0.6 is 22.6 Å². The monoisotopic (exact) mass is 1590 g/mol. The Hall–Kier alpha value is 0.104. The maximum absolute atomic E-state index is 13.7. The van der Waals surface area contributed by atoms with E-state index < -0.39 is 107 Å². The normalized spacial score (nSPS) is 31.2. The number of benzene rings is 1. The van der Waals surface area contributed by atoms with Gasteiger partial charge in [0.05, 0.1) is 87.0 Å². The highest BCUT2D eigenvalue weighted by Crippen LogP contribution is 2.51. The highest BCUT2D eigenvalue weighted by Gasteiger charge is 2.59. The summed E-state index contributed by atoms with van der Waals surface area (Å²) in [5.41, 5.74) is 1.78. The molecule has 0 bridgehead atoms. The SMILES string of the molecule is C=C1CC[C@H](CC[C@@H]2O[C@@H](CCC3OCCO3)CC2C)O[C@@H]1C[C@@H]1O[C@H](CC(CO[Si](C)(C)C(C)(C)C)O[Si](C)(C)C(C)(C)C)C[C@H]1CC(O)C(c1cccc(S(=O)[O-])c1)[C@H]1CC[C@@H]2OC([C@H](/C=C/I)O[Si](C)(C)C(C)(C)C)C(O[Si](C)(C)C(C)(C)C)C(O[Si](C)(C)C(C)(C)C)C2O1. The second kappa shape index (κ2) is 33.7. The molecular weight excluding hydrogens is 1450 g/mol. The zero-order valence-corrected chi connectivity index (χ0v) is 73.9. The van der Waals surface area contributed by atoms with Crippen molar-refractivity contribution < 1.29 is 69.2 Å². The number of aliphatic hydroxyl groups excluding tert-OH is 1. The van der Waals surface area contributed by atoms with Crippen LogP contribution in [0.4, 0.5) is 0 Å². The first-order valence-corrected chi connectivity index (χ1v) is 54.5. The van der Waals surface area contributed by atoms with E-state index in [0.717, 1.165) is 50.5 Å². The molecule has 9 unspecified atom stereocenters. The van der Waals surface area contributed by atoms with Crippen molar-refractivity contribution in [1.82, 2.24) is 0 Å². The minimum atomic E-state index is -2.62. The molecule has 6 fully saturated rings. The topological polar surface area (TPSA) is 171 Å². The minimum Gasteiger partial charge on any atom is -0.768 e. The summed E-state index contributed by atoms with van der Waals surface area (Å²) in [6.07, 6.45) is 6.65. The first-order valence-electron chi connectivity index (χ1n) is 37.6. The zero-order valence-electron chi connectivity index (χ0n) is 65.9. The van der Waals surface area contributed by atoms with Crippen LogP contribution in [-0.4, -0.2) is 173 Å². The Morgan fingerprint density at radius 1 is 0.663 bits per heavy atom. The molecule has 1 aromatic rings. The molecule has 15 nitrogen and oxygen atoms in total. The maximum atomic E-state index is 13.7. The van der Waals surface area contributed by atoms with Gasteiger partial charge in [-0.05, 0) is 211 Å². The highest BCUT2D eigenvalue weighted by atomic mass is 127. The lowest BCUT2D eigenvalue weighted by atomic mass is 9.77. The second-order valence-electron chi connectivity index (χ2n) is 38.0. The van der Waals surface area contributed by atoms with E-state index in [1.54, 1.807) is 18.2 Å². The Balaban J connectivity index is 1.26. The average Bonchev–Trinajstić information content (AvgIpc) is 0.850. The van der Waals surface area contributed by atoms with Crippen molar-refractivity contribution in [2.24, 2.45) is 11.8 Å². The fourth-order valence-corrected chi connectivity index (χ4v) is 21.1. The van der Waals surface area contributed by atoms with E-state index in [4.69, 9.17) is 55.3 Å². The Morgan fingerprint density at radius 3 is 1.82 bits per heavy atom. The van der Waals surface area contributed by atoms with E-state index in [1.165, 1.54) is 0 Å². The van der Waals surface area contributed by atoms with E-state index >= 15 is 0 Å². The van der Waals surface area contributed by atoms with Crippen LogP contribution in [0.5, 0.6) is 0 Å². The Morgan fingerprint density at radius 2 is 1.23 bits per heavy atom. The molecule has 1 aromatic carbocycles. The van der Waals surface area contributed by atoms with Gasteiger partial charge in [-0.1, -0.05) is 152 Å². The smallest absolute Gasteiger partial charge is 0.193 e. The first kappa shape index (κ1) is 85.4. The number of hydrogen-bond acceptors (Lipinski definition) is 15. The van der Waals surface area contributed by atoms with E-state index in [1.807, 2.05) is 6.07 Å². The van der Waals surface area contributed by atoms with E-state index in [-0.39, 0.29) is 85.0 Å². The fraction of sp³-hybridized carbons (Fsp3) is 0.868. The molecule has 6 saturated heterocycles. The molecule has 6 aliphatic heterocycles. The van der Waals surface area contributed by atoms with Crippen molar-refractivity contribution in [3.8, 4) is 0 Å². The van der Waals surface area contributed by atoms with Gasteiger partial charge in [0.25, 0.3) is 0 Å². The molecular formula is C76H138IO15SSi5-. The summed E-state index contributed by atoms with van der Waals surface area (Å²) in [7, 11) is -12.1. The van der Waals surface area contributed by atoms with Gasteiger partial charge in [-0.3, -0.25) is 4.21 Å². The number of fused-ring (bicyclic) bond motifs is 1. The molecule has 566 valence electrons. The Kier molecular flexibility index (Phi) is 29.4. The largest absolute Gasteiger partial charge is 0.768 e. The average molecular weight is 1590 g/mol. The lowest BCUT2D eigenvalue weighted by Crippen LogP contribution is -2.69. The zero-order chi connectivity index (χ0) is 73.3. The van der Waals surface area contributed by atoms with Crippen LogP contribution in [0.25, 0.3) is 0 Å². The predicted molar refractivity (Wildman–Crippen MR) is 418 cm³/mol. The Labute approximate surface area is 617 Å². The van der Waals surface area contributed by atoms with Crippen LogP contribution in [-0.2, 0) is 66.4 Å². The quantitative estimate of drug-likeness (QED) is 0.0347. The van der Waals surface area contributed by atoms with E-state index in [0.29, 0.717) is 69.8 Å². The summed E-state index contributed by atoms with van der Waals surface area (Å²) in [6.45, 7) is 66.1. The third-order valence-electron chi connectivity index (χ3n) is 25.4. The standard InChI is InChI=1S/C76H139IO15SSi5/c1-50-31-32-54(33-35-60-51(2)43-55(85-60)34-38-66-81-41-42-82-66)84-64(50)48-65-53(44-56(86-65)47-57(89-95(20,21)73(6,7)8)49-83-94(18,19)72(3,4)5)46-59(78)67(52-29-28-30-58(45-52)93(79)80)61-36-37-62-68(87-61)70(91-97(24,25)75(12,13)14)71(92-98(26,27)76(15,16)17)69(88-62)63(39-40-77)90-96(22,23)74(9,10)11/h28-30,39-40,45,51,53-57,59-71,78H,1,31-38,41-44,46-49H2,2-27H3,(H,79,80)/p-1/b40-39+/t51?,53-,54+,55-,56-,57?,59?,60-,61+,62-,63-,64+,65-,67?,68?,69?,70?,71?/m0/s1. The van der Waals surface area contributed by atoms with Crippen LogP contribution in [0, 0.1) is 11.8 Å². The molecule has 6 aliphatic rings. The predicted octanol–water partition coefficient (Wildman–Crippen LogP) is 19.0. The molecule has 0 amide bonds. The molecule has 98 heavy (non-hydrogen) atoms. The summed E-state index contributed by atoms with van der Waals surface area (Å²) in [4.78, 5) is 0.158. The van der Waals surface area contributed by atoms with E-state index in [9.17, 15) is 13.9 Å². The van der Waals surface area contributed by atoms with E-state index in [2.05, 4.69) is 216 Å². The summed E-state index contributed by atoms with van der Waals surface area (Å²) in [6, 6.07) is 7.12. The van der Waals surface area contributed by atoms with Gasteiger partial charge in [0.2, 0.25) is 0 Å². The van der Waals surface area contributed by atoms with Gasteiger partial charge in [-0.2, -0.15) is 0 Å². The van der Waals surface area contributed by atoms with Crippen molar-refractivity contribution in [2.45, 2.75) is 394 Å². The van der Waals surface area contributed by atoms with Crippen LogP contribution in [0.15, 0.2) is 51.5 Å².